The maximum atomic E-state index is 12.9. The van der Waals surface area contributed by atoms with Gasteiger partial charge in [0.15, 0.2) is 5.16 Å². The lowest BCUT2D eigenvalue weighted by Gasteiger charge is -2.14. The van der Waals surface area contributed by atoms with Crippen LogP contribution in [0.3, 0.4) is 0 Å². The monoisotopic (exact) mass is 409 g/mol. The summed E-state index contributed by atoms with van der Waals surface area (Å²) in [5.41, 5.74) is 0.227. The molecule has 152 valence electrons. The van der Waals surface area contributed by atoms with Gasteiger partial charge in [-0.05, 0) is 25.1 Å². The Morgan fingerprint density at radius 2 is 2.11 bits per heavy atom. The molecule has 28 heavy (non-hydrogen) atoms. The fourth-order valence-corrected chi connectivity index (χ4v) is 3.29. The number of ether oxygens (including phenoxy) is 2. The van der Waals surface area contributed by atoms with Crippen molar-refractivity contribution in [2.45, 2.75) is 24.7 Å². The summed E-state index contributed by atoms with van der Waals surface area (Å²) in [7, 11) is 2.81. The molecule has 0 bridgehead atoms. The van der Waals surface area contributed by atoms with E-state index in [1.807, 2.05) is 0 Å². The number of rotatable bonds is 9. The van der Waals surface area contributed by atoms with Crippen molar-refractivity contribution in [3.8, 4) is 0 Å². The van der Waals surface area contributed by atoms with Gasteiger partial charge in [0, 0.05) is 13.7 Å². The van der Waals surface area contributed by atoms with Crippen molar-refractivity contribution in [2.75, 3.05) is 33.1 Å². The van der Waals surface area contributed by atoms with Crippen molar-refractivity contribution in [2.24, 2.45) is 0 Å². The van der Waals surface area contributed by atoms with Crippen LogP contribution in [-0.4, -0.2) is 65.8 Å². The summed E-state index contributed by atoms with van der Waals surface area (Å²) < 4.78 is 10.9. The number of aliphatic hydroxyl groups is 1. The first kappa shape index (κ1) is 21.9. The number of esters is 1. The predicted octanol–water partition coefficient (Wildman–Crippen LogP) is 0.419. The maximum absolute atomic E-state index is 12.9. The Bertz CT molecular complexity index is 912. The number of carbonyl (C=O) groups is 2. The van der Waals surface area contributed by atoms with Crippen LogP contribution in [0.4, 0.5) is 0 Å². The lowest BCUT2D eigenvalue weighted by atomic mass is 10.1. The van der Waals surface area contributed by atoms with Crippen LogP contribution < -0.4 is 10.9 Å². The van der Waals surface area contributed by atoms with Gasteiger partial charge in [0.2, 0.25) is 5.91 Å². The first-order valence-electron chi connectivity index (χ1n) is 8.56. The molecule has 1 amide bonds. The zero-order valence-electron chi connectivity index (χ0n) is 15.9. The minimum atomic E-state index is -0.777. The van der Waals surface area contributed by atoms with Gasteiger partial charge in [-0.1, -0.05) is 11.8 Å². The lowest BCUT2D eigenvalue weighted by Crippen LogP contribution is -2.30. The molecule has 0 radical (unpaired) electrons. The molecule has 0 fully saturated rings. The van der Waals surface area contributed by atoms with Gasteiger partial charge in [0.25, 0.3) is 5.56 Å². The van der Waals surface area contributed by atoms with Gasteiger partial charge < -0.3 is 19.9 Å². The largest absolute Gasteiger partial charge is 0.465 e. The third kappa shape index (κ3) is 5.54. The zero-order chi connectivity index (χ0) is 20.7. The van der Waals surface area contributed by atoms with E-state index in [1.54, 1.807) is 6.92 Å². The first-order chi connectivity index (χ1) is 13.4. The number of nitrogens with zero attached hydrogens (tertiary/aromatic N) is 2. The van der Waals surface area contributed by atoms with Gasteiger partial charge in [-0.15, -0.1) is 0 Å². The topological polar surface area (TPSA) is 120 Å². The van der Waals surface area contributed by atoms with Gasteiger partial charge >= 0.3 is 5.97 Å². The summed E-state index contributed by atoms with van der Waals surface area (Å²) in [6, 6.07) is 4.46. The van der Waals surface area contributed by atoms with Crippen molar-refractivity contribution in [1.29, 1.82) is 0 Å². The molecule has 2 N–H and O–H groups in total. The quantitative estimate of drug-likeness (QED) is 0.265. The van der Waals surface area contributed by atoms with Crippen molar-refractivity contribution >= 4 is 34.5 Å². The highest BCUT2D eigenvalue weighted by Gasteiger charge is 2.16. The summed E-state index contributed by atoms with van der Waals surface area (Å²) in [4.78, 5) is 41.0. The highest BCUT2D eigenvalue weighted by molar-refractivity contribution is 7.99. The van der Waals surface area contributed by atoms with E-state index in [0.717, 1.165) is 11.8 Å². The normalized spacial score (nSPS) is 12.0. The van der Waals surface area contributed by atoms with Gasteiger partial charge in [0.1, 0.15) is 0 Å². The first-order valence-corrected chi connectivity index (χ1v) is 9.55. The molecule has 2 aromatic rings. The van der Waals surface area contributed by atoms with Gasteiger partial charge in [0.05, 0.1) is 48.6 Å². The van der Waals surface area contributed by atoms with Crippen LogP contribution in [0.25, 0.3) is 10.9 Å². The molecule has 0 saturated heterocycles. The van der Waals surface area contributed by atoms with E-state index in [4.69, 9.17) is 9.47 Å². The fourth-order valence-electron chi connectivity index (χ4n) is 2.45. The molecule has 0 saturated carbocycles. The van der Waals surface area contributed by atoms with E-state index in [-0.39, 0.29) is 34.5 Å². The van der Waals surface area contributed by atoms with E-state index < -0.39 is 12.1 Å². The molecule has 2 rings (SSSR count). The van der Waals surface area contributed by atoms with Crippen molar-refractivity contribution in [3.05, 3.63) is 34.1 Å². The van der Waals surface area contributed by atoms with E-state index in [2.05, 4.69) is 10.3 Å². The molecule has 9 nitrogen and oxygen atoms in total. The van der Waals surface area contributed by atoms with Crippen molar-refractivity contribution < 1.29 is 24.2 Å². The molecule has 0 unspecified atom stereocenters. The Balaban J connectivity index is 2.38. The second-order valence-corrected chi connectivity index (χ2v) is 6.96. The smallest absolute Gasteiger partial charge is 0.337 e. The third-order valence-electron chi connectivity index (χ3n) is 3.75. The zero-order valence-corrected chi connectivity index (χ0v) is 16.7. The van der Waals surface area contributed by atoms with Gasteiger partial charge in [-0.25, -0.2) is 9.78 Å². The number of amides is 1. The van der Waals surface area contributed by atoms with E-state index >= 15 is 0 Å². The number of methoxy groups -OCH3 is 2. The summed E-state index contributed by atoms with van der Waals surface area (Å²) in [5.74, 6) is -0.732. The van der Waals surface area contributed by atoms with Crippen LogP contribution in [0.1, 0.15) is 17.3 Å². The van der Waals surface area contributed by atoms with Gasteiger partial charge in [-0.2, -0.15) is 0 Å². The second kappa shape index (κ2) is 10.2. The summed E-state index contributed by atoms with van der Waals surface area (Å²) >= 11 is 1.08. The molecule has 0 spiro atoms. The number of thioether (sulfide) groups is 1. The maximum Gasteiger partial charge on any atom is 0.337 e. The van der Waals surface area contributed by atoms with E-state index in [9.17, 15) is 19.5 Å². The molecule has 1 aromatic heterocycles. The number of carbonyl (C=O) groups excluding carboxylic acids is 2. The average molecular weight is 409 g/mol. The van der Waals surface area contributed by atoms with E-state index in [0.29, 0.717) is 24.1 Å². The summed E-state index contributed by atoms with van der Waals surface area (Å²) in [5, 5.41) is 13.0. The van der Waals surface area contributed by atoms with Crippen molar-refractivity contribution in [3.63, 3.8) is 0 Å². The second-order valence-electron chi connectivity index (χ2n) is 6.01. The molecule has 0 aliphatic rings. The molecule has 1 aromatic carbocycles. The molecule has 10 heteroatoms. The molecular formula is C18H23N3O6S. The Kier molecular flexibility index (Phi) is 7.97. The minimum Gasteiger partial charge on any atom is -0.465 e. The molecular weight excluding hydrogens is 386 g/mol. The summed E-state index contributed by atoms with van der Waals surface area (Å²) in [6.07, 6.45) is -0.777. The standard InChI is InChI=1S/C18H23N3O6S/c1-11(22)9-21-16(24)13-5-4-12(17(25)27-3)8-14(13)20-18(21)28-10-15(23)19-6-7-26-2/h4-5,8,11,22H,6-7,9-10H2,1-3H3,(H,19,23)/t11-/m1/s1. The minimum absolute atomic E-state index is 0.0359. The molecule has 0 aliphatic heterocycles. The van der Waals surface area contributed by atoms with Gasteiger partial charge in [-0.3, -0.25) is 14.2 Å². The van der Waals surface area contributed by atoms with Crippen molar-refractivity contribution in [1.82, 2.24) is 14.9 Å². The SMILES string of the molecule is COCCNC(=O)CSc1nc2cc(C(=O)OC)ccc2c(=O)n1C[C@@H](C)O. The molecule has 0 aliphatic carbocycles. The average Bonchev–Trinajstić information content (AvgIpc) is 2.67. The number of hydrogen-bond acceptors (Lipinski definition) is 8. The predicted molar refractivity (Wildman–Crippen MR) is 105 cm³/mol. The van der Waals surface area contributed by atoms with E-state index in [1.165, 1.54) is 37.0 Å². The number of aromatic nitrogens is 2. The van der Waals surface area contributed by atoms with Crippen LogP contribution in [0.5, 0.6) is 0 Å². The van der Waals surface area contributed by atoms with Crippen LogP contribution in [0, 0.1) is 0 Å². The highest BCUT2D eigenvalue weighted by atomic mass is 32.2. The Morgan fingerprint density at radius 1 is 1.36 bits per heavy atom. The van der Waals surface area contributed by atoms with Crippen LogP contribution in [-0.2, 0) is 20.8 Å². The Labute approximate surface area is 166 Å². The summed E-state index contributed by atoms with van der Waals surface area (Å²) in [6.45, 7) is 2.37. The molecule has 1 heterocycles. The number of nitrogens with one attached hydrogen (secondary N) is 1. The Morgan fingerprint density at radius 3 is 2.75 bits per heavy atom. The van der Waals surface area contributed by atoms with Crippen LogP contribution in [0.15, 0.2) is 28.2 Å². The molecule has 1 atom stereocenters. The number of aliphatic hydroxyl groups excluding tert-OH is 1. The number of hydrogen-bond donors (Lipinski definition) is 2. The third-order valence-corrected chi connectivity index (χ3v) is 4.73. The number of benzene rings is 1. The lowest BCUT2D eigenvalue weighted by molar-refractivity contribution is -0.118. The number of fused-ring (bicyclic) bond motifs is 1. The van der Waals surface area contributed by atoms with Crippen LogP contribution in [0.2, 0.25) is 0 Å². The Hall–Kier alpha value is -2.43. The fraction of sp³-hybridized carbons (Fsp3) is 0.444. The highest BCUT2D eigenvalue weighted by Crippen LogP contribution is 2.19. The van der Waals surface area contributed by atoms with Crippen LogP contribution >= 0.6 is 11.8 Å².